The quantitative estimate of drug-likeness (QED) is 0.321. The number of hydrogen-bond acceptors (Lipinski definition) is 9. The zero-order chi connectivity index (χ0) is 28.5. The molecular formula is C31H39N3O6. The molecule has 2 aromatic carbocycles. The van der Waals surface area contributed by atoms with E-state index >= 15 is 0 Å². The van der Waals surface area contributed by atoms with Gasteiger partial charge in [-0.05, 0) is 47.5 Å². The van der Waals surface area contributed by atoms with Crippen LogP contribution in [0.5, 0.6) is 34.5 Å². The summed E-state index contributed by atoms with van der Waals surface area (Å²) >= 11 is 0. The molecule has 0 atom stereocenters. The second kappa shape index (κ2) is 13.9. The lowest BCUT2D eigenvalue weighted by molar-refractivity contribution is 0.137. The molecule has 3 aromatic rings. The second-order valence-electron chi connectivity index (χ2n) is 9.40. The van der Waals surface area contributed by atoms with Crippen molar-refractivity contribution in [3.63, 3.8) is 0 Å². The molecule has 4 rings (SSSR count). The number of aromatic nitrogens is 1. The van der Waals surface area contributed by atoms with Crippen LogP contribution in [0.2, 0.25) is 0 Å². The number of piperazine rings is 1. The SMILES string of the molecule is COc1cc(C=CCN2CCN(Cc3ccnc(-c4cc(OC)c(OC)c(OC)c4)c3)CC2)cc(OC)c1OC. The molecule has 0 radical (unpaired) electrons. The van der Waals surface area contributed by atoms with Gasteiger partial charge in [0.25, 0.3) is 0 Å². The minimum absolute atomic E-state index is 0.570. The summed E-state index contributed by atoms with van der Waals surface area (Å²) in [7, 11) is 9.71. The summed E-state index contributed by atoms with van der Waals surface area (Å²) in [5, 5.41) is 0. The molecule has 0 N–H and O–H groups in total. The highest BCUT2D eigenvalue weighted by Crippen LogP contribution is 2.41. The number of hydrogen-bond donors (Lipinski definition) is 0. The highest BCUT2D eigenvalue weighted by molar-refractivity contribution is 5.69. The predicted octanol–water partition coefficient (Wildman–Crippen LogP) is 4.63. The molecule has 0 aliphatic carbocycles. The van der Waals surface area contributed by atoms with Crippen molar-refractivity contribution in [2.24, 2.45) is 0 Å². The molecule has 0 amide bonds. The van der Waals surface area contributed by atoms with Crippen LogP contribution in [0.15, 0.2) is 48.7 Å². The number of ether oxygens (including phenoxy) is 6. The molecule has 1 aromatic heterocycles. The van der Waals surface area contributed by atoms with Gasteiger partial charge in [0.05, 0.1) is 48.4 Å². The van der Waals surface area contributed by atoms with Gasteiger partial charge in [0.2, 0.25) is 11.5 Å². The van der Waals surface area contributed by atoms with Crippen LogP contribution < -0.4 is 28.4 Å². The molecular weight excluding hydrogens is 510 g/mol. The van der Waals surface area contributed by atoms with Crippen LogP contribution in [0, 0.1) is 0 Å². The maximum absolute atomic E-state index is 5.52. The lowest BCUT2D eigenvalue weighted by atomic mass is 10.1. The van der Waals surface area contributed by atoms with E-state index in [1.807, 2.05) is 30.5 Å². The molecule has 1 aliphatic heterocycles. The maximum Gasteiger partial charge on any atom is 0.203 e. The normalized spacial score (nSPS) is 14.2. The summed E-state index contributed by atoms with van der Waals surface area (Å²) in [5.74, 6) is 3.70. The standard InChI is InChI=1S/C31H39N3O6/c1-35-26-17-22(18-27(36-2)30(26)39-5)8-7-11-33-12-14-34(15-13-33)21-23-9-10-32-25(16-23)24-19-28(37-3)31(40-6)29(20-24)38-4/h7-10,16-20H,11-15,21H2,1-6H3. The highest BCUT2D eigenvalue weighted by atomic mass is 16.5. The molecule has 0 bridgehead atoms. The molecule has 9 nitrogen and oxygen atoms in total. The smallest absolute Gasteiger partial charge is 0.203 e. The van der Waals surface area contributed by atoms with Gasteiger partial charge in [-0.3, -0.25) is 14.8 Å². The summed E-state index contributed by atoms with van der Waals surface area (Å²) in [6.07, 6.45) is 6.14. The lowest BCUT2D eigenvalue weighted by Gasteiger charge is -2.34. The van der Waals surface area contributed by atoms with Crippen LogP contribution >= 0.6 is 0 Å². The Morgan fingerprint density at radius 2 is 1.20 bits per heavy atom. The van der Waals surface area contributed by atoms with Gasteiger partial charge in [0, 0.05) is 51.0 Å². The van der Waals surface area contributed by atoms with Crippen molar-refractivity contribution in [1.82, 2.24) is 14.8 Å². The van der Waals surface area contributed by atoms with Crippen molar-refractivity contribution < 1.29 is 28.4 Å². The van der Waals surface area contributed by atoms with Crippen molar-refractivity contribution in [2.75, 3.05) is 75.4 Å². The monoisotopic (exact) mass is 549 g/mol. The Labute approximate surface area is 236 Å². The highest BCUT2D eigenvalue weighted by Gasteiger charge is 2.18. The molecule has 1 saturated heterocycles. The molecule has 40 heavy (non-hydrogen) atoms. The van der Waals surface area contributed by atoms with E-state index < -0.39 is 0 Å². The van der Waals surface area contributed by atoms with Crippen molar-refractivity contribution in [3.8, 4) is 45.8 Å². The van der Waals surface area contributed by atoms with E-state index in [4.69, 9.17) is 28.4 Å². The van der Waals surface area contributed by atoms with Gasteiger partial charge in [-0.1, -0.05) is 12.2 Å². The zero-order valence-electron chi connectivity index (χ0n) is 24.2. The fourth-order valence-corrected chi connectivity index (χ4v) is 4.88. The number of methoxy groups -OCH3 is 6. The van der Waals surface area contributed by atoms with Crippen LogP contribution in [0.1, 0.15) is 11.1 Å². The molecule has 0 spiro atoms. The Kier molecular flexibility index (Phi) is 10.1. The summed E-state index contributed by atoms with van der Waals surface area (Å²) in [6.45, 7) is 5.76. The molecule has 9 heteroatoms. The van der Waals surface area contributed by atoms with Crippen molar-refractivity contribution in [1.29, 1.82) is 0 Å². The van der Waals surface area contributed by atoms with Crippen molar-refractivity contribution in [2.45, 2.75) is 6.54 Å². The van der Waals surface area contributed by atoms with Crippen LogP contribution in [-0.2, 0) is 6.54 Å². The summed E-state index contributed by atoms with van der Waals surface area (Å²) in [5.41, 5.74) is 4.01. The minimum atomic E-state index is 0.570. The van der Waals surface area contributed by atoms with Gasteiger partial charge in [0.15, 0.2) is 23.0 Å². The fraction of sp³-hybridized carbons (Fsp3) is 0.387. The lowest BCUT2D eigenvalue weighted by Crippen LogP contribution is -2.45. The van der Waals surface area contributed by atoms with Gasteiger partial charge in [-0.2, -0.15) is 0 Å². The van der Waals surface area contributed by atoms with E-state index in [1.165, 1.54) is 5.56 Å². The first kappa shape index (κ1) is 29.0. The van der Waals surface area contributed by atoms with E-state index in [-0.39, 0.29) is 0 Å². The molecule has 1 aliphatic rings. The Morgan fingerprint density at radius 1 is 0.675 bits per heavy atom. The van der Waals surface area contributed by atoms with E-state index in [9.17, 15) is 0 Å². The third kappa shape index (κ3) is 6.78. The average Bonchev–Trinajstić information content (AvgIpc) is 3.00. The number of rotatable bonds is 12. The molecule has 1 fully saturated rings. The second-order valence-corrected chi connectivity index (χ2v) is 9.40. The van der Waals surface area contributed by atoms with Gasteiger partial charge in [-0.25, -0.2) is 0 Å². The van der Waals surface area contributed by atoms with E-state index in [2.05, 4.69) is 39.1 Å². The molecule has 214 valence electrons. The topological polar surface area (TPSA) is 74.8 Å². The Morgan fingerprint density at radius 3 is 1.73 bits per heavy atom. The summed E-state index contributed by atoms with van der Waals surface area (Å²) in [4.78, 5) is 9.54. The molecule has 0 saturated carbocycles. The van der Waals surface area contributed by atoms with Crippen LogP contribution in [-0.4, -0.2) is 90.2 Å². The molecule has 0 unspecified atom stereocenters. The number of benzene rings is 2. The first-order chi connectivity index (χ1) is 19.5. The largest absolute Gasteiger partial charge is 0.493 e. The zero-order valence-corrected chi connectivity index (χ0v) is 24.2. The van der Waals surface area contributed by atoms with E-state index in [0.29, 0.717) is 34.5 Å². The Balaban J connectivity index is 1.34. The van der Waals surface area contributed by atoms with Gasteiger partial charge < -0.3 is 28.4 Å². The fourth-order valence-electron chi connectivity index (χ4n) is 4.88. The first-order valence-corrected chi connectivity index (χ1v) is 13.2. The van der Waals surface area contributed by atoms with Crippen molar-refractivity contribution >= 4 is 6.08 Å². The Bertz CT molecular complexity index is 1250. The van der Waals surface area contributed by atoms with E-state index in [0.717, 1.165) is 56.1 Å². The summed E-state index contributed by atoms with van der Waals surface area (Å²) in [6, 6.07) is 12.0. The number of nitrogens with zero attached hydrogens (tertiary/aromatic N) is 3. The van der Waals surface area contributed by atoms with Gasteiger partial charge in [0.1, 0.15) is 0 Å². The maximum atomic E-state index is 5.52. The Hall–Kier alpha value is -3.95. The minimum Gasteiger partial charge on any atom is -0.493 e. The van der Waals surface area contributed by atoms with Gasteiger partial charge >= 0.3 is 0 Å². The number of pyridine rings is 1. The van der Waals surface area contributed by atoms with Crippen molar-refractivity contribution in [3.05, 3.63) is 59.8 Å². The predicted molar refractivity (Wildman–Crippen MR) is 156 cm³/mol. The first-order valence-electron chi connectivity index (χ1n) is 13.2. The third-order valence-corrected chi connectivity index (χ3v) is 7.02. The average molecular weight is 550 g/mol. The van der Waals surface area contributed by atoms with Gasteiger partial charge in [-0.15, -0.1) is 0 Å². The van der Waals surface area contributed by atoms with E-state index in [1.54, 1.807) is 42.7 Å². The summed E-state index contributed by atoms with van der Waals surface area (Å²) < 4.78 is 32.8. The third-order valence-electron chi connectivity index (χ3n) is 7.02. The van der Waals surface area contributed by atoms with Crippen LogP contribution in [0.25, 0.3) is 17.3 Å². The molecule has 2 heterocycles. The van der Waals surface area contributed by atoms with Crippen LogP contribution in [0.3, 0.4) is 0 Å². The van der Waals surface area contributed by atoms with Crippen LogP contribution in [0.4, 0.5) is 0 Å².